The first-order chi connectivity index (χ1) is 13.3. The molecule has 28 heavy (non-hydrogen) atoms. The van der Waals surface area contributed by atoms with Gasteiger partial charge in [-0.3, -0.25) is 9.69 Å². The van der Waals surface area contributed by atoms with Gasteiger partial charge in [0.05, 0.1) is 12.6 Å². The van der Waals surface area contributed by atoms with Crippen molar-refractivity contribution in [1.29, 1.82) is 0 Å². The van der Waals surface area contributed by atoms with Crippen molar-refractivity contribution in [3.05, 3.63) is 11.7 Å². The molecular formula is C18H25F3N4O3. The van der Waals surface area contributed by atoms with E-state index in [9.17, 15) is 18.0 Å². The van der Waals surface area contributed by atoms with Gasteiger partial charge in [0.15, 0.2) is 0 Å². The molecule has 10 heteroatoms. The van der Waals surface area contributed by atoms with Crippen LogP contribution in [0, 0.1) is 5.41 Å². The number of carbonyl (C=O) groups is 1. The van der Waals surface area contributed by atoms with Gasteiger partial charge in [0, 0.05) is 26.1 Å². The number of alkyl halides is 3. The van der Waals surface area contributed by atoms with E-state index in [0.717, 1.165) is 58.3 Å². The summed E-state index contributed by atoms with van der Waals surface area (Å²) in [6.45, 7) is 3.90. The van der Waals surface area contributed by atoms with Crippen LogP contribution in [0.3, 0.4) is 0 Å². The van der Waals surface area contributed by atoms with Crippen LogP contribution in [0.15, 0.2) is 4.52 Å². The molecule has 0 saturated carbocycles. The molecule has 1 spiro atoms. The van der Waals surface area contributed by atoms with Gasteiger partial charge in [0.1, 0.15) is 0 Å². The van der Waals surface area contributed by atoms with Crippen molar-refractivity contribution in [3.63, 3.8) is 0 Å². The molecule has 1 atom stereocenters. The highest BCUT2D eigenvalue weighted by atomic mass is 19.4. The third-order valence-electron chi connectivity index (χ3n) is 6.19. The summed E-state index contributed by atoms with van der Waals surface area (Å²) in [6.07, 6.45) is 0.874. The molecule has 3 saturated heterocycles. The monoisotopic (exact) mass is 402 g/mol. The van der Waals surface area contributed by atoms with Gasteiger partial charge in [-0.1, -0.05) is 5.16 Å². The van der Waals surface area contributed by atoms with Crippen LogP contribution in [0.2, 0.25) is 0 Å². The Kier molecular flexibility index (Phi) is 5.34. The highest BCUT2D eigenvalue weighted by Gasteiger charge is 2.42. The minimum Gasteiger partial charge on any atom is -0.376 e. The summed E-state index contributed by atoms with van der Waals surface area (Å²) in [4.78, 5) is 19.8. The van der Waals surface area contributed by atoms with Gasteiger partial charge in [-0.15, -0.1) is 0 Å². The van der Waals surface area contributed by atoms with Crippen molar-refractivity contribution in [1.82, 2.24) is 19.9 Å². The van der Waals surface area contributed by atoms with Crippen LogP contribution >= 0.6 is 0 Å². The van der Waals surface area contributed by atoms with Crippen molar-refractivity contribution in [3.8, 4) is 0 Å². The number of halogens is 3. The average Bonchev–Trinajstić information content (AvgIpc) is 3.32. The standard InChI is InChI=1S/C18H25F3N4O3/c19-18(20,21)16-22-14(28-23-16)11-24-7-5-17(6-8-24)4-3-15(26)25(12-17)10-13-2-1-9-27-13/h13H,1-12H2. The zero-order valence-electron chi connectivity index (χ0n) is 15.7. The van der Waals surface area contributed by atoms with E-state index in [4.69, 9.17) is 9.26 Å². The molecular weight excluding hydrogens is 377 g/mol. The summed E-state index contributed by atoms with van der Waals surface area (Å²) in [5, 5.41) is 3.01. The average molecular weight is 402 g/mol. The summed E-state index contributed by atoms with van der Waals surface area (Å²) >= 11 is 0. The van der Waals surface area contributed by atoms with Gasteiger partial charge in [-0.05, 0) is 50.6 Å². The molecule has 0 radical (unpaired) electrons. The van der Waals surface area contributed by atoms with Gasteiger partial charge in [-0.25, -0.2) is 0 Å². The predicted molar refractivity (Wildman–Crippen MR) is 91.0 cm³/mol. The van der Waals surface area contributed by atoms with Crippen molar-refractivity contribution in [2.45, 2.75) is 57.3 Å². The number of nitrogens with zero attached hydrogens (tertiary/aromatic N) is 4. The summed E-state index contributed by atoms with van der Waals surface area (Å²) in [5.41, 5.74) is 0.0922. The number of aromatic nitrogens is 2. The summed E-state index contributed by atoms with van der Waals surface area (Å²) in [5.74, 6) is -1.04. The first kappa shape index (κ1) is 19.6. The molecule has 7 nitrogen and oxygen atoms in total. The van der Waals surface area contributed by atoms with Crippen molar-refractivity contribution >= 4 is 5.91 Å². The molecule has 3 aliphatic heterocycles. The lowest BCUT2D eigenvalue weighted by Crippen LogP contribution is -2.52. The molecule has 4 rings (SSSR count). The Bertz CT molecular complexity index is 694. The maximum absolute atomic E-state index is 12.6. The van der Waals surface area contributed by atoms with E-state index in [1.54, 1.807) is 0 Å². The minimum atomic E-state index is -4.59. The van der Waals surface area contributed by atoms with E-state index < -0.39 is 12.0 Å². The Balaban J connectivity index is 1.31. The topological polar surface area (TPSA) is 71.7 Å². The fourth-order valence-electron chi connectivity index (χ4n) is 4.52. The number of rotatable bonds is 4. The number of likely N-dealkylation sites (tertiary alicyclic amines) is 2. The second kappa shape index (κ2) is 7.62. The van der Waals surface area contributed by atoms with Crippen LogP contribution in [-0.2, 0) is 22.3 Å². The Morgan fingerprint density at radius 3 is 2.64 bits per heavy atom. The van der Waals surface area contributed by atoms with Crippen LogP contribution in [-0.4, -0.2) is 64.7 Å². The normalized spacial score (nSPS) is 26.3. The number of carbonyl (C=O) groups excluding carboxylic acids is 1. The van der Waals surface area contributed by atoms with E-state index in [0.29, 0.717) is 13.0 Å². The Morgan fingerprint density at radius 2 is 2.00 bits per heavy atom. The minimum absolute atomic E-state index is 0.0119. The van der Waals surface area contributed by atoms with E-state index >= 15 is 0 Å². The van der Waals surface area contributed by atoms with Crippen molar-refractivity contribution in [2.75, 3.05) is 32.8 Å². The van der Waals surface area contributed by atoms with E-state index in [1.807, 2.05) is 9.80 Å². The Hall–Kier alpha value is -1.68. The van der Waals surface area contributed by atoms with Crippen LogP contribution in [0.25, 0.3) is 0 Å². The van der Waals surface area contributed by atoms with Crippen molar-refractivity contribution in [2.24, 2.45) is 5.41 Å². The molecule has 1 unspecified atom stereocenters. The van der Waals surface area contributed by atoms with E-state index in [2.05, 4.69) is 10.1 Å². The number of amides is 1. The molecule has 1 amide bonds. The lowest BCUT2D eigenvalue weighted by molar-refractivity contribution is -0.146. The molecule has 1 aromatic heterocycles. The number of hydrogen-bond donors (Lipinski definition) is 0. The van der Waals surface area contributed by atoms with Crippen LogP contribution < -0.4 is 0 Å². The summed E-state index contributed by atoms with van der Waals surface area (Å²) in [7, 11) is 0. The third kappa shape index (κ3) is 4.32. The van der Waals surface area contributed by atoms with Gasteiger partial charge in [0.25, 0.3) is 5.82 Å². The maximum atomic E-state index is 12.6. The highest BCUT2D eigenvalue weighted by Crippen LogP contribution is 2.40. The zero-order chi connectivity index (χ0) is 19.8. The second-order valence-corrected chi connectivity index (χ2v) is 8.19. The molecule has 156 valence electrons. The van der Waals surface area contributed by atoms with E-state index in [-0.39, 0.29) is 29.9 Å². The highest BCUT2D eigenvalue weighted by molar-refractivity contribution is 5.77. The van der Waals surface area contributed by atoms with Gasteiger partial charge >= 0.3 is 6.18 Å². The fourth-order valence-corrected chi connectivity index (χ4v) is 4.52. The Labute approximate surface area is 161 Å². The zero-order valence-corrected chi connectivity index (χ0v) is 15.7. The molecule has 1 aromatic rings. The summed E-state index contributed by atoms with van der Waals surface area (Å²) < 4.78 is 48.2. The first-order valence-electron chi connectivity index (χ1n) is 9.85. The molecule has 0 aliphatic carbocycles. The SMILES string of the molecule is O=C1CCC2(CCN(Cc3nc(C(F)(F)F)no3)CC2)CN1CC1CCCO1. The molecule has 3 aliphatic rings. The number of ether oxygens (including phenoxy) is 1. The van der Waals surface area contributed by atoms with Gasteiger partial charge in [-0.2, -0.15) is 18.2 Å². The molecule has 4 heterocycles. The third-order valence-corrected chi connectivity index (χ3v) is 6.19. The van der Waals surface area contributed by atoms with Gasteiger partial charge < -0.3 is 14.2 Å². The summed E-state index contributed by atoms with van der Waals surface area (Å²) in [6, 6.07) is 0. The molecule has 3 fully saturated rings. The lowest BCUT2D eigenvalue weighted by atomic mass is 9.72. The molecule has 0 N–H and O–H groups in total. The van der Waals surface area contributed by atoms with Crippen LogP contribution in [0.4, 0.5) is 13.2 Å². The fraction of sp³-hybridized carbons (Fsp3) is 0.833. The van der Waals surface area contributed by atoms with Gasteiger partial charge in [0.2, 0.25) is 11.8 Å². The van der Waals surface area contributed by atoms with Crippen LogP contribution in [0.1, 0.15) is 50.2 Å². The lowest BCUT2D eigenvalue weighted by Gasteiger charge is -2.47. The number of piperidine rings is 2. The molecule has 0 bridgehead atoms. The number of hydrogen-bond acceptors (Lipinski definition) is 6. The largest absolute Gasteiger partial charge is 0.455 e. The predicted octanol–water partition coefficient (Wildman–Crippen LogP) is 2.47. The van der Waals surface area contributed by atoms with Crippen molar-refractivity contribution < 1.29 is 27.2 Å². The Morgan fingerprint density at radius 1 is 1.21 bits per heavy atom. The maximum Gasteiger partial charge on any atom is 0.455 e. The smallest absolute Gasteiger partial charge is 0.376 e. The molecule has 0 aromatic carbocycles. The second-order valence-electron chi connectivity index (χ2n) is 8.19. The van der Waals surface area contributed by atoms with E-state index in [1.165, 1.54) is 0 Å². The quantitative estimate of drug-likeness (QED) is 0.771. The first-order valence-corrected chi connectivity index (χ1v) is 9.85. The van der Waals surface area contributed by atoms with Crippen LogP contribution in [0.5, 0.6) is 0 Å².